The maximum absolute atomic E-state index is 13.8. The second kappa shape index (κ2) is 12.8. The summed E-state index contributed by atoms with van der Waals surface area (Å²) in [5, 5.41) is 16.2. The Labute approximate surface area is 257 Å². The average Bonchev–Trinajstić information content (AvgIpc) is 3.45. The molecule has 4 aromatic rings. The smallest absolute Gasteiger partial charge is 0.413 e. The van der Waals surface area contributed by atoms with Crippen LogP contribution >= 0.6 is 0 Å². The van der Waals surface area contributed by atoms with Gasteiger partial charge >= 0.3 is 12.1 Å². The summed E-state index contributed by atoms with van der Waals surface area (Å²) in [5.41, 5.74) is -0.0680. The highest BCUT2D eigenvalue weighted by Crippen LogP contribution is 2.32. The van der Waals surface area contributed by atoms with E-state index in [0.717, 1.165) is 16.7 Å². The number of halogens is 3. The average molecular weight is 622 g/mol. The van der Waals surface area contributed by atoms with Gasteiger partial charge in [0.05, 0.1) is 62.3 Å². The van der Waals surface area contributed by atoms with Crippen LogP contribution in [0.15, 0.2) is 71.7 Å². The van der Waals surface area contributed by atoms with Gasteiger partial charge in [-0.05, 0) is 61.5 Å². The molecule has 0 saturated carbocycles. The first kappa shape index (κ1) is 32.7. The van der Waals surface area contributed by atoms with Crippen molar-refractivity contribution in [3.05, 3.63) is 99.6 Å². The first-order valence-corrected chi connectivity index (χ1v) is 13.9. The topological polar surface area (TPSA) is 119 Å². The lowest BCUT2D eigenvalue weighted by molar-refractivity contribution is -0.917. The standard InChI is InChI=1S/C32H31F3N6O4/c1-20-26(28-13-16-38-40(28)24-11-9-22(19-36)10-12-24)18-27(30(43)37-15-14-29(41(3,4)5)45-21(2)42)31(44)39(20)25-8-6-7-23(17-25)32(33,34)35/h6-13,16-18,29H,14-15H2,1-5H3/p+1. The molecule has 2 aromatic heterocycles. The van der Waals surface area contributed by atoms with Crippen molar-refractivity contribution in [2.24, 2.45) is 0 Å². The first-order chi connectivity index (χ1) is 21.1. The molecule has 0 bridgehead atoms. The molecule has 0 fully saturated rings. The van der Waals surface area contributed by atoms with Gasteiger partial charge in [-0.25, -0.2) is 4.68 Å². The number of carbonyl (C=O) groups is 2. The van der Waals surface area contributed by atoms with Crippen molar-refractivity contribution in [2.75, 3.05) is 27.7 Å². The van der Waals surface area contributed by atoms with Gasteiger partial charge in [-0.1, -0.05) is 6.07 Å². The summed E-state index contributed by atoms with van der Waals surface area (Å²) in [6.07, 6.45) is -3.50. The fourth-order valence-electron chi connectivity index (χ4n) is 4.85. The van der Waals surface area contributed by atoms with Crippen molar-refractivity contribution in [2.45, 2.75) is 32.7 Å². The zero-order chi connectivity index (χ0) is 33.1. The molecule has 2 heterocycles. The first-order valence-electron chi connectivity index (χ1n) is 13.9. The third-order valence-corrected chi connectivity index (χ3v) is 7.13. The molecule has 1 atom stereocenters. The predicted octanol–water partition coefficient (Wildman–Crippen LogP) is 4.60. The number of hydrogen-bond acceptors (Lipinski definition) is 6. The van der Waals surface area contributed by atoms with E-state index in [-0.39, 0.29) is 34.4 Å². The number of hydrogen-bond donors (Lipinski definition) is 1. The molecule has 4 rings (SSSR count). The van der Waals surface area contributed by atoms with E-state index in [0.29, 0.717) is 22.5 Å². The molecule has 0 aliphatic heterocycles. The van der Waals surface area contributed by atoms with E-state index >= 15 is 0 Å². The molecule has 45 heavy (non-hydrogen) atoms. The summed E-state index contributed by atoms with van der Waals surface area (Å²) in [6, 6.07) is 15.9. The van der Waals surface area contributed by atoms with Gasteiger partial charge in [0.15, 0.2) is 0 Å². The van der Waals surface area contributed by atoms with Crippen LogP contribution in [0, 0.1) is 18.3 Å². The van der Waals surface area contributed by atoms with E-state index in [4.69, 9.17) is 4.74 Å². The van der Waals surface area contributed by atoms with Gasteiger partial charge in [-0.2, -0.15) is 23.5 Å². The van der Waals surface area contributed by atoms with Gasteiger partial charge in [-0.15, -0.1) is 0 Å². The van der Waals surface area contributed by atoms with Gasteiger partial charge in [0.25, 0.3) is 11.5 Å². The quantitative estimate of drug-likeness (QED) is 0.166. The number of pyridine rings is 1. The molecule has 234 valence electrons. The molecular weight excluding hydrogens is 589 g/mol. The second-order valence-corrected chi connectivity index (χ2v) is 11.3. The van der Waals surface area contributed by atoms with Crippen LogP contribution in [0.1, 0.15) is 40.5 Å². The Bertz CT molecular complexity index is 1830. The predicted molar refractivity (Wildman–Crippen MR) is 160 cm³/mol. The number of quaternary nitrogens is 1. The van der Waals surface area contributed by atoms with E-state index in [9.17, 15) is 32.8 Å². The number of alkyl halides is 3. The van der Waals surface area contributed by atoms with Crippen LogP contribution in [0.5, 0.6) is 0 Å². The number of nitrogens with zero attached hydrogens (tertiary/aromatic N) is 5. The van der Waals surface area contributed by atoms with Crippen molar-refractivity contribution >= 4 is 11.9 Å². The fraction of sp³-hybridized carbons (Fsp3) is 0.281. The van der Waals surface area contributed by atoms with Crippen LogP contribution in [0.25, 0.3) is 22.6 Å². The van der Waals surface area contributed by atoms with Crippen LogP contribution in [-0.4, -0.2) is 64.6 Å². The van der Waals surface area contributed by atoms with Gasteiger partial charge in [0.1, 0.15) is 5.56 Å². The molecule has 1 unspecified atom stereocenters. The summed E-state index contributed by atoms with van der Waals surface area (Å²) in [7, 11) is 5.48. The largest absolute Gasteiger partial charge is 0.416 e. The van der Waals surface area contributed by atoms with Crippen LogP contribution < -0.4 is 10.9 Å². The van der Waals surface area contributed by atoms with Crippen molar-refractivity contribution in [3.8, 4) is 28.7 Å². The lowest BCUT2D eigenvalue weighted by Gasteiger charge is -2.32. The zero-order valence-electron chi connectivity index (χ0n) is 25.3. The van der Waals surface area contributed by atoms with Gasteiger partial charge in [0.2, 0.25) is 6.23 Å². The van der Waals surface area contributed by atoms with E-state index in [2.05, 4.69) is 10.4 Å². The Morgan fingerprint density at radius 2 is 1.76 bits per heavy atom. The molecule has 0 radical (unpaired) electrons. The monoisotopic (exact) mass is 621 g/mol. The minimum atomic E-state index is -4.66. The Hall–Kier alpha value is -5.22. The molecular formula is C32H32F3N6O4+. The van der Waals surface area contributed by atoms with Gasteiger partial charge in [-0.3, -0.25) is 23.4 Å². The van der Waals surface area contributed by atoms with Crippen molar-refractivity contribution in [3.63, 3.8) is 0 Å². The van der Waals surface area contributed by atoms with Crippen LogP contribution in [-0.2, 0) is 15.7 Å². The number of nitriles is 1. The van der Waals surface area contributed by atoms with Crippen molar-refractivity contribution < 1.29 is 32.0 Å². The zero-order valence-corrected chi connectivity index (χ0v) is 25.3. The normalized spacial score (nSPS) is 12.3. The van der Waals surface area contributed by atoms with E-state index < -0.39 is 35.4 Å². The van der Waals surface area contributed by atoms with Gasteiger partial charge in [0, 0.05) is 30.4 Å². The molecule has 10 nitrogen and oxygen atoms in total. The molecule has 0 aliphatic rings. The van der Waals surface area contributed by atoms with E-state index in [1.54, 1.807) is 37.3 Å². The van der Waals surface area contributed by atoms with Crippen molar-refractivity contribution in [1.29, 1.82) is 5.26 Å². The number of carbonyl (C=O) groups excluding carboxylic acids is 2. The number of rotatable bonds is 9. The summed E-state index contributed by atoms with van der Waals surface area (Å²) in [4.78, 5) is 39.0. The molecule has 0 aliphatic carbocycles. The highest BCUT2D eigenvalue weighted by atomic mass is 19.4. The number of benzene rings is 2. The second-order valence-electron chi connectivity index (χ2n) is 11.3. The summed E-state index contributed by atoms with van der Waals surface area (Å²) in [6.45, 7) is 2.90. The SMILES string of the molecule is CC(=O)OC(CCNC(=O)c1cc(-c2ccnn2-c2ccc(C#N)cc2)c(C)n(-c2cccc(C(F)(F)F)c2)c1=O)[N+](C)(C)C. The third-order valence-electron chi connectivity index (χ3n) is 7.13. The summed E-state index contributed by atoms with van der Waals surface area (Å²) >= 11 is 0. The Kier molecular flexibility index (Phi) is 9.29. The van der Waals surface area contributed by atoms with E-state index in [1.165, 1.54) is 36.0 Å². The molecule has 0 spiro atoms. The molecule has 0 saturated heterocycles. The Balaban J connectivity index is 1.84. The van der Waals surface area contributed by atoms with Crippen LogP contribution in [0.4, 0.5) is 13.2 Å². The van der Waals surface area contributed by atoms with Gasteiger partial charge < -0.3 is 10.1 Å². The minimum Gasteiger partial charge on any atom is -0.413 e. The Morgan fingerprint density at radius 1 is 1.07 bits per heavy atom. The number of amides is 1. The number of aromatic nitrogens is 3. The summed E-state index contributed by atoms with van der Waals surface area (Å²) < 4.78 is 49.2. The Morgan fingerprint density at radius 3 is 2.36 bits per heavy atom. The fourth-order valence-corrected chi connectivity index (χ4v) is 4.85. The minimum absolute atomic E-state index is 0.0433. The maximum atomic E-state index is 13.8. The number of esters is 1. The summed E-state index contributed by atoms with van der Waals surface area (Å²) in [5.74, 6) is -1.24. The molecule has 1 N–H and O–H groups in total. The molecule has 13 heteroatoms. The van der Waals surface area contributed by atoms with E-state index in [1.807, 2.05) is 27.2 Å². The maximum Gasteiger partial charge on any atom is 0.416 e. The lowest BCUT2D eigenvalue weighted by Crippen LogP contribution is -2.49. The molecule has 1 amide bonds. The number of ether oxygens (including phenoxy) is 1. The number of nitrogens with one attached hydrogen (secondary N) is 1. The van der Waals surface area contributed by atoms with Crippen molar-refractivity contribution in [1.82, 2.24) is 19.7 Å². The van der Waals surface area contributed by atoms with Crippen LogP contribution in [0.2, 0.25) is 0 Å². The third kappa shape index (κ3) is 7.30. The van der Waals surface area contributed by atoms with Crippen LogP contribution in [0.3, 0.4) is 0 Å². The lowest BCUT2D eigenvalue weighted by atomic mass is 10.0. The molecule has 2 aromatic carbocycles. The highest BCUT2D eigenvalue weighted by molar-refractivity contribution is 5.95. The highest BCUT2D eigenvalue weighted by Gasteiger charge is 2.31.